The summed E-state index contributed by atoms with van der Waals surface area (Å²) in [6.45, 7) is 4.06. The number of benzene rings is 1. The molecule has 0 spiro atoms. The molecule has 1 heterocycles. The van der Waals surface area contributed by atoms with Crippen LogP contribution in [0.4, 0.5) is 5.69 Å². The van der Waals surface area contributed by atoms with Crippen LogP contribution in [0.25, 0.3) is 0 Å². The largest absolute Gasteiger partial charge is 0.308 e. The molecule has 23 heavy (non-hydrogen) atoms. The summed E-state index contributed by atoms with van der Waals surface area (Å²) in [4.78, 5) is 9.47. The van der Waals surface area contributed by atoms with E-state index < -0.39 is 0 Å². The lowest BCUT2D eigenvalue weighted by Crippen LogP contribution is -2.26. The van der Waals surface area contributed by atoms with E-state index in [1.807, 2.05) is 18.8 Å². The Hall–Kier alpha value is -2.26. The van der Waals surface area contributed by atoms with Crippen LogP contribution in [0, 0.1) is 0 Å². The van der Waals surface area contributed by atoms with Crippen LogP contribution in [-0.4, -0.2) is 12.8 Å². The van der Waals surface area contributed by atoms with Crippen molar-refractivity contribution in [2.24, 2.45) is 4.99 Å². The molecule has 114 valence electrons. The van der Waals surface area contributed by atoms with Crippen molar-refractivity contribution in [3.05, 3.63) is 83.1 Å². The Balaban J connectivity index is 1.88. The minimum atomic E-state index is 0.945. The van der Waals surface area contributed by atoms with Gasteiger partial charge in [0.2, 0.25) is 0 Å². The molecule has 0 unspecified atom stereocenters. The second-order valence-electron chi connectivity index (χ2n) is 5.69. The predicted octanol–water partition coefficient (Wildman–Crippen LogP) is 5.24. The molecule has 0 radical (unpaired) electrons. The highest BCUT2D eigenvalue weighted by molar-refractivity contribution is 8.03. The van der Waals surface area contributed by atoms with E-state index in [2.05, 4.69) is 71.1 Å². The molecule has 1 aliphatic heterocycles. The average molecular weight is 318 g/mol. The highest BCUT2D eigenvalue weighted by Gasteiger charge is 2.28. The molecule has 4 rings (SSSR count). The molecule has 2 nitrogen and oxygen atoms in total. The first kappa shape index (κ1) is 14.3. The van der Waals surface area contributed by atoms with Crippen LogP contribution in [0.5, 0.6) is 0 Å². The van der Waals surface area contributed by atoms with Crippen molar-refractivity contribution < 1.29 is 0 Å². The van der Waals surface area contributed by atoms with Crippen molar-refractivity contribution in [1.29, 1.82) is 0 Å². The molecule has 3 aliphatic rings. The lowest BCUT2D eigenvalue weighted by atomic mass is 10.0. The van der Waals surface area contributed by atoms with Gasteiger partial charge in [-0.3, -0.25) is 4.99 Å². The van der Waals surface area contributed by atoms with E-state index in [0.717, 1.165) is 29.8 Å². The minimum absolute atomic E-state index is 0.945. The maximum absolute atomic E-state index is 4.36. The smallest absolute Gasteiger partial charge is 0.0658 e. The van der Waals surface area contributed by atoms with Crippen LogP contribution in [0.15, 0.2) is 93.0 Å². The first-order valence-electron chi connectivity index (χ1n) is 7.80. The van der Waals surface area contributed by atoms with Gasteiger partial charge < -0.3 is 4.90 Å². The Morgan fingerprint density at radius 1 is 1.17 bits per heavy atom. The number of anilines is 1. The van der Waals surface area contributed by atoms with Gasteiger partial charge in [0.1, 0.15) is 0 Å². The fourth-order valence-corrected chi connectivity index (χ4v) is 4.26. The van der Waals surface area contributed by atoms with E-state index in [1.54, 1.807) is 0 Å². The normalized spacial score (nSPS) is 21.4. The Bertz CT molecular complexity index is 837. The zero-order valence-electron chi connectivity index (χ0n) is 13.1. The van der Waals surface area contributed by atoms with Crippen molar-refractivity contribution in [1.82, 2.24) is 0 Å². The van der Waals surface area contributed by atoms with E-state index in [9.17, 15) is 0 Å². The summed E-state index contributed by atoms with van der Waals surface area (Å²) in [6.07, 6.45) is 13.1. The summed E-state index contributed by atoms with van der Waals surface area (Å²) in [7, 11) is 1.82. The summed E-state index contributed by atoms with van der Waals surface area (Å²) in [5.41, 5.74) is 5.58. The molecule has 0 atom stereocenters. The van der Waals surface area contributed by atoms with Crippen molar-refractivity contribution >= 4 is 23.2 Å². The maximum atomic E-state index is 4.36. The topological polar surface area (TPSA) is 15.6 Å². The third kappa shape index (κ3) is 2.41. The molecular weight excluding hydrogens is 300 g/mol. The van der Waals surface area contributed by atoms with Crippen molar-refractivity contribution in [3.63, 3.8) is 0 Å². The predicted molar refractivity (Wildman–Crippen MR) is 99.9 cm³/mol. The van der Waals surface area contributed by atoms with E-state index in [1.165, 1.54) is 21.2 Å². The SMILES string of the molecule is C=C1C=CC(N2C3=C(CCC=C3)Sc3ccccc32)=C/C1=N/C. The summed E-state index contributed by atoms with van der Waals surface area (Å²) in [6, 6.07) is 8.61. The summed E-state index contributed by atoms with van der Waals surface area (Å²) < 4.78 is 0. The fourth-order valence-electron chi connectivity index (χ4n) is 3.10. The number of thioether (sulfide) groups is 1. The molecule has 0 N–H and O–H groups in total. The van der Waals surface area contributed by atoms with E-state index >= 15 is 0 Å². The highest BCUT2D eigenvalue weighted by atomic mass is 32.2. The fraction of sp³-hybridized carbons (Fsp3) is 0.150. The lowest BCUT2D eigenvalue weighted by molar-refractivity contribution is 0.957. The minimum Gasteiger partial charge on any atom is -0.308 e. The Morgan fingerprint density at radius 2 is 2.04 bits per heavy atom. The van der Waals surface area contributed by atoms with Gasteiger partial charge in [0.25, 0.3) is 0 Å². The van der Waals surface area contributed by atoms with Gasteiger partial charge in [0.15, 0.2) is 0 Å². The van der Waals surface area contributed by atoms with Crippen LogP contribution in [0.1, 0.15) is 12.8 Å². The van der Waals surface area contributed by atoms with Crippen molar-refractivity contribution in [3.8, 4) is 0 Å². The second-order valence-corrected chi connectivity index (χ2v) is 6.83. The van der Waals surface area contributed by atoms with E-state index in [4.69, 9.17) is 0 Å². The summed E-state index contributed by atoms with van der Waals surface area (Å²) >= 11 is 1.90. The lowest BCUT2D eigenvalue weighted by Gasteiger charge is -2.36. The number of aliphatic imine (C=N–C) groups is 1. The number of hydrogen-bond acceptors (Lipinski definition) is 3. The van der Waals surface area contributed by atoms with Crippen LogP contribution in [-0.2, 0) is 0 Å². The van der Waals surface area contributed by atoms with Crippen LogP contribution < -0.4 is 4.90 Å². The molecule has 0 bridgehead atoms. The molecule has 2 aliphatic carbocycles. The van der Waals surface area contributed by atoms with E-state index in [0.29, 0.717) is 0 Å². The number of hydrogen-bond donors (Lipinski definition) is 0. The molecule has 0 aromatic heterocycles. The highest BCUT2D eigenvalue weighted by Crippen LogP contribution is 2.48. The Labute approximate surface area is 141 Å². The van der Waals surface area contributed by atoms with Gasteiger partial charge in [-0.25, -0.2) is 0 Å². The van der Waals surface area contributed by atoms with Crippen molar-refractivity contribution in [2.45, 2.75) is 17.7 Å². The summed E-state index contributed by atoms with van der Waals surface area (Å²) in [5.74, 6) is 0. The zero-order chi connectivity index (χ0) is 15.8. The number of fused-ring (bicyclic) bond motifs is 1. The maximum Gasteiger partial charge on any atom is 0.0658 e. The summed E-state index contributed by atoms with van der Waals surface area (Å²) in [5, 5.41) is 0. The second kappa shape index (κ2) is 5.74. The first-order chi connectivity index (χ1) is 11.3. The standard InChI is InChI=1S/C20H18N2S/c1-14-11-12-15(13-16(14)21-2)22-17-7-3-5-9-19(17)23-20-10-6-4-8-18(20)22/h3-5,7-9,11-13H,1,6,10H2,2H3/b21-16-. The third-order valence-corrected chi connectivity index (χ3v) is 5.47. The van der Waals surface area contributed by atoms with Crippen molar-refractivity contribution in [2.75, 3.05) is 11.9 Å². The molecular formula is C20H18N2S. The molecule has 0 saturated carbocycles. The van der Waals surface area contributed by atoms with Gasteiger partial charge in [-0.2, -0.15) is 0 Å². The average Bonchev–Trinajstić information content (AvgIpc) is 2.60. The molecule has 1 aromatic rings. The Morgan fingerprint density at radius 3 is 2.91 bits per heavy atom. The van der Waals surface area contributed by atoms with Gasteiger partial charge in [0.05, 0.1) is 17.1 Å². The number of para-hydroxylation sites is 1. The molecule has 0 fully saturated rings. The molecule has 0 saturated heterocycles. The molecule has 0 amide bonds. The quantitative estimate of drug-likeness (QED) is 0.703. The van der Waals surface area contributed by atoms with Gasteiger partial charge in [-0.1, -0.05) is 42.6 Å². The monoisotopic (exact) mass is 318 g/mol. The third-order valence-electron chi connectivity index (χ3n) is 4.25. The van der Waals surface area contributed by atoms with E-state index in [-0.39, 0.29) is 0 Å². The molecule has 1 aromatic carbocycles. The van der Waals surface area contributed by atoms with Crippen LogP contribution >= 0.6 is 11.8 Å². The van der Waals surface area contributed by atoms with Gasteiger partial charge in [-0.15, -0.1) is 0 Å². The Kier molecular flexibility index (Phi) is 3.58. The van der Waals surface area contributed by atoms with Gasteiger partial charge in [0, 0.05) is 22.5 Å². The number of allylic oxidation sites excluding steroid dienone is 7. The first-order valence-corrected chi connectivity index (χ1v) is 8.62. The zero-order valence-corrected chi connectivity index (χ0v) is 13.9. The van der Waals surface area contributed by atoms with Crippen LogP contribution in [0.3, 0.4) is 0 Å². The van der Waals surface area contributed by atoms with Gasteiger partial charge in [-0.05, 0) is 48.8 Å². The van der Waals surface area contributed by atoms with Crippen LogP contribution in [0.2, 0.25) is 0 Å². The number of nitrogens with zero attached hydrogens (tertiary/aromatic N) is 2. The van der Waals surface area contributed by atoms with Gasteiger partial charge >= 0.3 is 0 Å². The molecule has 3 heteroatoms. The number of rotatable bonds is 1.